The minimum absolute atomic E-state index is 0. The van der Waals surface area contributed by atoms with Crippen LogP contribution in [0.15, 0.2) is 24.3 Å². The van der Waals surface area contributed by atoms with Gasteiger partial charge in [0.15, 0.2) is 0 Å². The SMILES string of the molecule is COCCNCC(=O)Nc1nnc(-c2cccc(Cl)c2)s1.Cl. The van der Waals surface area contributed by atoms with Crippen LogP contribution < -0.4 is 10.6 Å². The first-order valence-electron chi connectivity index (χ1n) is 6.28. The highest BCUT2D eigenvalue weighted by molar-refractivity contribution is 7.18. The molecular formula is C13H16Cl2N4O2S. The van der Waals surface area contributed by atoms with Crippen LogP contribution in [-0.4, -0.2) is 42.9 Å². The topological polar surface area (TPSA) is 76.1 Å². The van der Waals surface area contributed by atoms with Crippen LogP contribution in [0.4, 0.5) is 5.13 Å². The fraction of sp³-hybridized carbons (Fsp3) is 0.308. The van der Waals surface area contributed by atoms with Crippen molar-refractivity contribution >= 4 is 46.4 Å². The Morgan fingerprint density at radius 2 is 2.23 bits per heavy atom. The van der Waals surface area contributed by atoms with Crippen molar-refractivity contribution in [3.8, 4) is 10.6 Å². The summed E-state index contributed by atoms with van der Waals surface area (Å²) in [4.78, 5) is 11.7. The average molecular weight is 363 g/mol. The molecule has 0 saturated carbocycles. The number of carbonyl (C=O) groups excluding carboxylic acids is 1. The van der Waals surface area contributed by atoms with E-state index in [9.17, 15) is 4.79 Å². The van der Waals surface area contributed by atoms with Crippen LogP contribution >= 0.6 is 35.3 Å². The van der Waals surface area contributed by atoms with Gasteiger partial charge in [-0.3, -0.25) is 10.1 Å². The summed E-state index contributed by atoms with van der Waals surface area (Å²) in [7, 11) is 1.61. The number of carbonyl (C=O) groups is 1. The van der Waals surface area contributed by atoms with Crippen LogP contribution in [0.25, 0.3) is 10.6 Å². The molecule has 0 fully saturated rings. The van der Waals surface area contributed by atoms with E-state index >= 15 is 0 Å². The molecule has 0 aliphatic carbocycles. The minimum Gasteiger partial charge on any atom is -0.383 e. The van der Waals surface area contributed by atoms with Gasteiger partial charge in [0.25, 0.3) is 0 Å². The number of amides is 1. The van der Waals surface area contributed by atoms with Crippen molar-refractivity contribution in [1.29, 1.82) is 0 Å². The molecular weight excluding hydrogens is 347 g/mol. The van der Waals surface area contributed by atoms with Crippen LogP contribution in [0.1, 0.15) is 0 Å². The van der Waals surface area contributed by atoms with Crippen molar-refractivity contribution in [1.82, 2.24) is 15.5 Å². The van der Waals surface area contributed by atoms with Gasteiger partial charge in [-0.25, -0.2) is 0 Å². The molecule has 0 unspecified atom stereocenters. The average Bonchev–Trinajstić information content (AvgIpc) is 2.92. The third-order valence-corrected chi connectivity index (χ3v) is 3.63. The fourth-order valence-corrected chi connectivity index (χ4v) is 2.50. The Kier molecular flexibility index (Phi) is 8.29. The summed E-state index contributed by atoms with van der Waals surface area (Å²) in [5.41, 5.74) is 0.874. The van der Waals surface area contributed by atoms with E-state index in [1.165, 1.54) is 11.3 Å². The van der Waals surface area contributed by atoms with Gasteiger partial charge in [0.05, 0.1) is 13.2 Å². The zero-order chi connectivity index (χ0) is 15.1. The fourth-order valence-electron chi connectivity index (χ4n) is 1.55. The third kappa shape index (κ3) is 5.86. The van der Waals surface area contributed by atoms with Gasteiger partial charge in [-0.2, -0.15) is 0 Å². The lowest BCUT2D eigenvalue weighted by Gasteiger charge is -2.03. The van der Waals surface area contributed by atoms with Gasteiger partial charge in [0.1, 0.15) is 5.01 Å². The Bertz CT molecular complexity index is 609. The Labute approximate surface area is 143 Å². The molecule has 1 heterocycles. The van der Waals surface area contributed by atoms with Crippen LogP contribution in [0.2, 0.25) is 5.02 Å². The Hall–Kier alpha value is -1.25. The normalized spacial score (nSPS) is 10.1. The molecule has 0 spiro atoms. The molecule has 0 saturated heterocycles. The summed E-state index contributed by atoms with van der Waals surface area (Å²) in [5, 5.41) is 15.4. The van der Waals surface area contributed by atoms with Crippen molar-refractivity contribution in [2.24, 2.45) is 0 Å². The van der Waals surface area contributed by atoms with Gasteiger partial charge < -0.3 is 10.1 Å². The number of nitrogens with zero attached hydrogens (tertiary/aromatic N) is 2. The van der Waals surface area contributed by atoms with Crippen molar-refractivity contribution < 1.29 is 9.53 Å². The highest BCUT2D eigenvalue weighted by atomic mass is 35.5. The van der Waals surface area contributed by atoms with Gasteiger partial charge in [-0.05, 0) is 12.1 Å². The van der Waals surface area contributed by atoms with E-state index in [1.807, 2.05) is 12.1 Å². The van der Waals surface area contributed by atoms with Crippen molar-refractivity contribution in [2.75, 3.05) is 32.1 Å². The molecule has 2 rings (SSSR count). The number of aromatic nitrogens is 2. The Balaban J connectivity index is 0.00000242. The second-order valence-electron chi connectivity index (χ2n) is 4.14. The summed E-state index contributed by atoms with van der Waals surface area (Å²) in [5.74, 6) is -0.167. The molecule has 0 radical (unpaired) electrons. The molecule has 0 aliphatic rings. The predicted octanol–water partition coefficient (Wildman–Crippen LogP) is 2.45. The molecule has 0 atom stereocenters. The van der Waals surface area contributed by atoms with Crippen molar-refractivity contribution in [3.63, 3.8) is 0 Å². The zero-order valence-electron chi connectivity index (χ0n) is 11.8. The number of nitrogens with one attached hydrogen (secondary N) is 2. The van der Waals surface area contributed by atoms with Gasteiger partial charge in [-0.15, -0.1) is 22.6 Å². The number of ether oxygens (including phenoxy) is 1. The van der Waals surface area contributed by atoms with E-state index in [2.05, 4.69) is 20.8 Å². The number of benzene rings is 1. The molecule has 1 amide bonds. The number of hydrogen-bond acceptors (Lipinski definition) is 6. The first kappa shape index (κ1) is 18.8. The predicted molar refractivity (Wildman–Crippen MR) is 91.0 cm³/mol. The van der Waals surface area contributed by atoms with Crippen LogP contribution in [0, 0.1) is 0 Å². The van der Waals surface area contributed by atoms with E-state index in [0.29, 0.717) is 28.3 Å². The summed E-state index contributed by atoms with van der Waals surface area (Å²) < 4.78 is 4.88. The molecule has 6 nitrogen and oxygen atoms in total. The van der Waals surface area contributed by atoms with Crippen LogP contribution in [0.3, 0.4) is 0 Å². The number of rotatable bonds is 7. The van der Waals surface area contributed by atoms with Crippen molar-refractivity contribution in [2.45, 2.75) is 0 Å². The van der Waals surface area contributed by atoms with Crippen LogP contribution in [-0.2, 0) is 9.53 Å². The molecule has 120 valence electrons. The zero-order valence-corrected chi connectivity index (χ0v) is 14.2. The largest absolute Gasteiger partial charge is 0.383 e. The summed E-state index contributed by atoms with van der Waals surface area (Å²) in [6.45, 7) is 1.38. The van der Waals surface area contributed by atoms with E-state index in [4.69, 9.17) is 16.3 Å². The quantitative estimate of drug-likeness (QED) is 0.739. The number of halogens is 2. The lowest BCUT2D eigenvalue weighted by molar-refractivity contribution is -0.115. The molecule has 1 aromatic heterocycles. The molecule has 2 aromatic rings. The van der Waals surface area contributed by atoms with E-state index in [1.54, 1.807) is 19.2 Å². The number of methoxy groups -OCH3 is 1. The van der Waals surface area contributed by atoms with Gasteiger partial charge >= 0.3 is 0 Å². The molecule has 22 heavy (non-hydrogen) atoms. The Morgan fingerprint density at radius 3 is 2.95 bits per heavy atom. The van der Waals surface area contributed by atoms with Gasteiger partial charge in [-0.1, -0.05) is 35.1 Å². The van der Waals surface area contributed by atoms with E-state index < -0.39 is 0 Å². The first-order valence-corrected chi connectivity index (χ1v) is 7.47. The summed E-state index contributed by atoms with van der Waals surface area (Å²) in [6, 6.07) is 7.34. The molecule has 1 aromatic carbocycles. The lowest BCUT2D eigenvalue weighted by atomic mass is 10.2. The maximum absolute atomic E-state index is 11.7. The monoisotopic (exact) mass is 362 g/mol. The highest BCUT2D eigenvalue weighted by Gasteiger charge is 2.09. The molecule has 2 N–H and O–H groups in total. The van der Waals surface area contributed by atoms with Gasteiger partial charge in [0.2, 0.25) is 11.0 Å². The van der Waals surface area contributed by atoms with Crippen molar-refractivity contribution in [3.05, 3.63) is 29.3 Å². The maximum Gasteiger partial charge on any atom is 0.240 e. The maximum atomic E-state index is 11.7. The second-order valence-corrected chi connectivity index (χ2v) is 5.55. The highest BCUT2D eigenvalue weighted by Crippen LogP contribution is 2.27. The minimum atomic E-state index is -0.167. The number of anilines is 1. The van der Waals surface area contributed by atoms with E-state index in [-0.39, 0.29) is 24.9 Å². The Morgan fingerprint density at radius 1 is 1.41 bits per heavy atom. The summed E-state index contributed by atoms with van der Waals surface area (Å²) in [6.07, 6.45) is 0. The van der Waals surface area contributed by atoms with Gasteiger partial charge in [0, 0.05) is 24.2 Å². The van der Waals surface area contributed by atoms with E-state index in [0.717, 1.165) is 5.56 Å². The number of hydrogen-bond donors (Lipinski definition) is 2. The lowest BCUT2D eigenvalue weighted by Crippen LogP contribution is -2.30. The summed E-state index contributed by atoms with van der Waals surface area (Å²) >= 11 is 7.24. The molecule has 0 bridgehead atoms. The molecule has 9 heteroatoms. The third-order valence-electron chi connectivity index (χ3n) is 2.51. The smallest absolute Gasteiger partial charge is 0.240 e. The van der Waals surface area contributed by atoms with Crippen LogP contribution in [0.5, 0.6) is 0 Å². The first-order chi connectivity index (χ1) is 10.2. The molecule has 0 aliphatic heterocycles. The standard InChI is InChI=1S/C13H15ClN4O2S.ClH/c1-20-6-5-15-8-11(19)16-13-18-17-12(21-13)9-3-2-4-10(14)7-9;/h2-4,7,15H,5-6,8H2,1H3,(H,16,18,19);1H. The second kappa shape index (κ2) is 9.70.